The maximum absolute atomic E-state index is 12.8. The molecule has 0 amide bonds. The Labute approximate surface area is 135 Å². The van der Waals surface area contributed by atoms with Crippen molar-refractivity contribution in [1.82, 2.24) is 19.1 Å². The Morgan fingerprint density at radius 3 is 2.61 bits per heavy atom. The van der Waals surface area contributed by atoms with Gasteiger partial charge in [-0.1, -0.05) is 0 Å². The molecule has 2 heterocycles. The Morgan fingerprint density at radius 2 is 2.00 bits per heavy atom. The highest BCUT2D eigenvalue weighted by Crippen LogP contribution is 2.29. The van der Waals surface area contributed by atoms with E-state index >= 15 is 0 Å². The zero-order valence-corrected chi connectivity index (χ0v) is 14.0. The van der Waals surface area contributed by atoms with E-state index in [4.69, 9.17) is 4.74 Å². The zero-order chi connectivity index (χ0) is 16.4. The third-order valence-electron chi connectivity index (χ3n) is 4.19. The third kappa shape index (κ3) is 3.09. The summed E-state index contributed by atoms with van der Waals surface area (Å²) in [6.45, 7) is 0.962. The summed E-state index contributed by atoms with van der Waals surface area (Å²) >= 11 is 0. The number of methoxy groups -OCH3 is 1. The van der Waals surface area contributed by atoms with Crippen LogP contribution in [-0.2, 0) is 17.1 Å². The van der Waals surface area contributed by atoms with Crippen LogP contribution in [0.2, 0.25) is 0 Å². The minimum absolute atomic E-state index is 0.0734. The second-order valence-electron chi connectivity index (χ2n) is 5.68. The molecule has 0 N–H and O–H groups in total. The van der Waals surface area contributed by atoms with E-state index in [9.17, 15) is 8.42 Å². The van der Waals surface area contributed by atoms with Gasteiger partial charge in [0.1, 0.15) is 17.9 Å². The van der Waals surface area contributed by atoms with E-state index in [1.807, 2.05) is 11.6 Å². The molecule has 1 saturated heterocycles. The van der Waals surface area contributed by atoms with Crippen molar-refractivity contribution in [1.29, 1.82) is 0 Å². The number of piperidine rings is 1. The van der Waals surface area contributed by atoms with Crippen molar-refractivity contribution in [3.63, 3.8) is 0 Å². The summed E-state index contributed by atoms with van der Waals surface area (Å²) in [5.41, 5.74) is 0. The number of aromatic nitrogens is 3. The normalized spacial score (nSPS) is 19.7. The molecule has 0 radical (unpaired) electrons. The number of ether oxygens (including phenoxy) is 1. The van der Waals surface area contributed by atoms with E-state index in [1.54, 1.807) is 37.7 Å². The minimum atomic E-state index is -3.50. The maximum atomic E-state index is 12.8. The van der Waals surface area contributed by atoms with Gasteiger partial charge in [-0.3, -0.25) is 0 Å². The van der Waals surface area contributed by atoms with Gasteiger partial charge in [0.05, 0.1) is 12.0 Å². The zero-order valence-electron chi connectivity index (χ0n) is 13.2. The Balaban J connectivity index is 1.83. The first kappa shape index (κ1) is 15.9. The van der Waals surface area contributed by atoms with Gasteiger partial charge < -0.3 is 9.30 Å². The first-order valence-electron chi connectivity index (χ1n) is 7.50. The number of aryl methyl sites for hydroxylation is 1. The lowest BCUT2D eigenvalue weighted by Crippen LogP contribution is -2.39. The number of sulfonamides is 1. The van der Waals surface area contributed by atoms with Crippen LogP contribution < -0.4 is 4.74 Å². The molecule has 1 atom stereocenters. The van der Waals surface area contributed by atoms with Gasteiger partial charge >= 0.3 is 0 Å². The van der Waals surface area contributed by atoms with Crippen LogP contribution in [0, 0.1) is 0 Å². The molecule has 1 aliphatic heterocycles. The summed E-state index contributed by atoms with van der Waals surface area (Å²) in [6, 6.07) is 6.49. The average molecular weight is 336 g/mol. The number of hydrogen-bond acceptors (Lipinski definition) is 5. The minimum Gasteiger partial charge on any atom is -0.497 e. The fourth-order valence-corrected chi connectivity index (χ4v) is 4.45. The van der Waals surface area contributed by atoms with Crippen molar-refractivity contribution in [2.24, 2.45) is 7.05 Å². The summed E-state index contributed by atoms with van der Waals surface area (Å²) in [6.07, 6.45) is 3.38. The number of hydrogen-bond donors (Lipinski definition) is 0. The molecule has 1 aromatic heterocycles. The third-order valence-corrected chi connectivity index (χ3v) is 6.07. The number of nitrogens with zero attached hydrogens (tertiary/aromatic N) is 4. The van der Waals surface area contributed by atoms with E-state index in [1.165, 1.54) is 4.31 Å². The van der Waals surface area contributed by atoms with Gasteiger partial charge in [-0.2, -0.15) is 4.31 Å². The molecule has 1 unspecified atom stereocenters. The Bertz CT molecular complexity index is 770. The van der Waals surface area contributed by atoms with E-state index < -0.39 is 10.0 Å². The summed E-state index contributed by atoms with van der Waals surface area (Å²) in [4.78, 5) is 0.289. The Hall–Kier alpha value is -1.93. The molecule has 3 rings (SSSR count). The second-order valence-corrected chi connectivity index (χ2v) is 7.62. The first-order valence-corrected chi connectivity index (χ1v) is 8.94. The van der Waals surface area contributed by atoms with Crippen LogP contribution in [0.3, 0.4) is 0 Å². The predicted molar refractivity (Wildman–Crippen MR) is 84.7 cm³/mol. The molecule has 7 nitrogen and oxygen atoms in total. The standard InChI is InChI=1S/C15H20N4O3S/c1-18-11-16-17-15(18)12-4-3-9-19(10-12)23(20,21)14-7-5-13(22-2)6-8-14/h5-8,11-12H,3-4,9-10H2,1-2H3. The molecule has 124 valence electrons. The molecular formula is C15H20N4O3S. The number of rotatable bonds is 4. The monoisotopic (exact) mass is 336 g/mol. The summed E-state index contributed by atoms with van der Waals surface area (Å²) in [5, 5.41) is 8.02. The number of benzene rings is 1. The van der Waals surface area contributed by atoms with Crippen molar-refractivity contribution in [2.75, 3.05) is 20.2 Å². The molecule has 1 aliphatic rings. The Kier molecular flexibility index (Phi) is 4.36. The first-order chi connectivity index (χ1) is 11.0. The quantitative estimate of drug-likeness (QED) is 0.843. The van der Waals surface area contributed by atoms with Crippen molar-refractivity contribution in [2.45, 2.75) is 23.7 Å². The van der Waals surface area contributed by atoms with Crippen LogP contribution in [-0.4, -0.2) is 47.7 Å². The van der Waals surface area contributed by atoms with Gasteiger partial charge in [-0.15, -0.1) is 10.2 Å². The maximum Gasteiger partial charge on any atom is 0.243 e. The lowest BCUT2D eigenvalue weighted by molar-refractivity contribution is 0.306. The topological polar surface area (TPSA) is 77.3 Å². The fourth-order valence-electron chi connectivity index (χ4n) is 2.93. The summed E-state index contributed by atoms with van der Waals surface area (Å²) in [7, 11) is -0.0671. The molecule has 0 saturated carbocycles. The van der Waals surface area contributed by atoms with Crippen molar-refractivity contribution >= 4 is 10.0 Å². The molecule has 1 aromatic carbocycles. The molecule has 0 aliphatic carbocycles. The lowest BCUT2D eigenvalue weighted by atomic mass is 9.99. The smallest absolute Gasteiger partial charge is 0.243 e. The van der Waals surface area contributed by atoms with Gasteiger partial charge in [0, 0.05) is 26.1 Å². The van der Waals surface area contributed by atoms with Crippen LogP contribution in [0.5, 0.6) is 5.75 Å². The summed E-state index contributed by atoms with van der Waals surface area (Å²) < 4.78 is 34.1. The molecule has 23 heavy (non-hydrogen) atoms. The molecule has 1 fully saturated rings. The van der Waals surface area contributed by atoms with Crippen LogP contribution in [0.25, 0.3) is 0 Å². The van der Waals surface area contributed by atoms with Crippen LogP contribution in [0.15, 0.2) is 35.5 Å². The van der Waals surface area contributed by atoms with E-state index in [0.717, 1.165) is 18.7 Å². The summed E-state index contributed by atoms with van der Waals surface area (Å²) in [5.74, 6) is 1.54. The predicted octanol–water partition coefficient (Wildman–Crippen LogP) is 1.39. The largest absolute Gasteiger partial charge is 0.497 e. The Morgan fingerprint density at radius 1 is 1.26 bits per heavy atom. The molecular weight excluding hydrogens is 316 g/mol. The van der Waals surface area contributed by atoms with Crippen LogP contribution in [0.4, 0.5) is 0 Å². The van der Waals surface area contributed by atoms with Crippen molar-refractivity contribution < 1.29 is 13.2 Å². The molecule has 0 spiro atoms. The van der Waals surface area contributed by atoms with Crippen molar-refractivity contribution in [3.05, 3.63) is 36.4 Å². The van der Waals surface area contributed by atoms with Gasteiger partial charge in [0.15, 0.2) is 0 Å². The second kappa shape index (κ2) is 6.29. The van der Waals surface area contributed by atoms with Gasteiger partial charge in [0.25, 0.3) is 0 Å². The van der Waals surface area contributed by atoms with Crippen LogP contribution in [0.1, 0.15) is 24.6 Å². The van der Waals surface area contributed by atoms with Gasteiger partial charge in [-0.05, 0) is 37.1 Å². The van der Waals surface area contributed by atoms with Crippen LogP contribution >= 0.6 is 0 Å². The van der Waals surface area contributed by atoms with Gasteiger partial charge in [0.2, 0.25) is 10.0 Å². The van der Waals surface area contributed by atoms with E-state index in [-0.39, 0.29) is 10.8 Å². The lowest BCUT2D eigenvalue weighted by Gasteiger charge is -2.31. The molecule has 8 heteroatoms. The van der Waals surface area contributed by atoms with E-state index in [2.05, 4.69) is 10.2 Å². The molecule has 0 bridgehead atoms. The highest BCUT2D eigenvalue weighted by Gasteiger charge is 2.32. The molecule has 2 aromatic rings. The van der Waals surface area contributed by atoms with Crippen molar-refractivity contribution in [3.8, 4) is 5.75 Å². The SMILES string of the molecule is COc1ccc(S(=O)(=O)N2CCCC(c3nncn3C)C2)cc1. The van der Waals surface area contributed by atoms with E-state index in [0.29, 0.717) is 18.8 Å². The van der Waals surface area contributed by atoms with Gasteiger partial charge in [-0.25, -0.2) is 8.42 Å². The average Bonchev–Trinajstić information content (AvgIpc) is 3.01. The highest BCUT2D eigenvalue weighted by atomic mass is 32.2. The fraction of sp³-hybridized carbons (Fsp3) is 0.467. The highest BCUT2D eigenvalue weighted by molar-refractivity contribution is 7.89.